The molecule has 2 aliphatic heterocycles. The lowest BCUT2D eigenvalue weighted by Gasteiger charge is -2.35. The first-order chi connectivity index (χ1) is 14.1. The first-order valence-electron chi connectivity index (χ1n) is 10.3. The Morgan fingerprint density at radius 2 is 1.72 bits per heavy atom. The second-order valence-electron chi connectivity index (χ2n) is 8.00. The summed E-state index contributed by atoms with van der Waals surface area (Å²) in [6.45, 7) is 10.1. The maximum absolute atomic E-state index is 10.4. The molecule has 4 rings (SSSR count). The largest absolute Gasteiger partial charge is 0.491 e. The highest BCUT2D eigenvalue weighted by Gasteiger charge is 2.21. The zero-order valence-corrected chi connectivity index (χ0v) is 17.3. The molecule has 0 bridgehead atoms. The quantitative estimate of drug-likeness (QED) is 0.774. The molecule has 6 nitrogen and oxygen atoms in total. The van der Waals surface area contributed by atoms with Gasteiger partial charge in [-0.1, -0.05) is 18.2 Å². The van der Waals surface area contributed by atoms with E-state index in [-0.39, 0.29) is 0 Å². The lowest BCUT2D eigenvalue weighted by atomic mass is 10.1. The molecule has 156 valence electrons. The van der Waals surface area contributed by atoms with Crippen molar-refractivity contribution in [3.63, 3.8) is 0 Å². The Balaban J connectivity index is 1.20. The molecule has 2 heterocycles. The average molecular weight is 399 g/mol. The van der Waals surface area contributed by atoms with Crippen molar-refractivity contribution >= 4 is 0 Å². The smallest absolute Gasteiger partial charge is 0.231 e. The van der Waals surface area contributed by atoms with Gasteiger partial charge in [0.2, 0.25) is 6.79 Å². The standard InChI is InChI=1S/C23H30N2O4/c1-17-3-4-18(2)22(11-17)27-15-20(26)14-25-9-7-24(8-10-25)13-19-5-6-21-23(12-19)29-16-28-21/h3-6,11-12,20,26H,7-10,13-16H2,1-2H3/t20-/m0/s1. The van der Waals surface area contributed by atoms with E-state index in [4.69, 9.17) is 14.2 Å². The highest BCUT2D eigenvalue weighted by Crippen LogP contribution is 2.32. The summed E-state index contributed by atoms with van der Waals surface area (Å²) in [6, 6.07) is 12.3. The van der Waals surface area contributed by atoms with Crippen molar-refractivity contribution < 1.29 is 19.3 Å². The Morgan fingerprint density at radius 3 is 2.55 bits per heavy atom. The predicted octanol–water partition coefficient (Wildman–Crippen LogP) is 2.59. The van der Waals surface area contributed by atoms with Gasteiger partial charge in [0.25, 0.3) is 0 Å². The molecule has 1 saturated heterocycles. The fourth-order valence-corrected chi connectivity index (χ4v) is 3.83. The van der Waals surface area contributed by atoms with Crippen molar-refractivity contribution in [1.29, 1.82) is 0 Å². The number of fused-ring (bicyclic) bond motifs is 1. The van der Waals surface area contributed by atoms with Crippen molar-refractivity contribution in [3.05, 3.63) is 53.1 Å². The van der Waals surface area contributed by atoms with Gasteiger partial charge in [-0.3, -0.25) is 9.80 Å². The maximum Gasteiger partial charge on any atom is 0.231 e. The van der Waals surface area contributed by atoms with Crippen LogP contribution in [-0.2, 0) is 6.54 Å². The number of aliphatic hydroxyl groups excluding tert-OH is 1. The fourth-order valence-electron chi connectivity index (χ4n) is 3.83. The van der Waals surface area contributed by atoms with Crippen LogP contribution < -0.4 is 14.2 Å². The van der Waals surface area contributed by atoms with E-state index in [0.29, 0.717) is 19.9 Å². The topological polar surface area (TPSA) is 54.4 Å². The van der Waals surface area contributed by atoms with Gasteiger partial charge in [0.15, 0.2) is 11.5 Å². The normalized spacial score (nSPS) is 18.0. The molecule has 1 atom stereocenters. The number of aliphatic hydroxyl groups is 1. The van der Waals surface area contributed by atoms with Crippen molar-refractivity contribution in [2.24, 2.45) is 0 Å². The Labute approximate surface area is 172 Å². The third kappa shape index (κ3) is 5.21. The van der Waals surface area contributed by atoms with Crippen LogP contribution in [0, 0.1) is 13.8 Å². The molecule has 0 spiro atoms. The second kappa shape index (κ2) is 9.03. The molecule has 0 aromatic heterocycles. The predicted molar refractivity (Wildman–Crippen MR) is 112 cm³/mol. The zero-order chi connectivity index (χ0) is 20.2. The van der Waals surface area contributed by atoms with Gasteiger partial charge in [-0.05, 0) is 48.7 Å². The number of benzene rings is 2. The number of hydrogen-bond donors (Lipinski definition) is 1. The second-order valence-corrected chi connectivity index (χ2v) is 8.00. The van der Waals surface area contributed by atoms with Crippen molar-refractivity contribution in [2.45, 2.75) is 26.5 Å². The number of aryl methyl sites for hydroxylation is 2. The van der Waals surface area contributed by atoms with Crippen LogP contribution in [0.15, 0.2) is 36.4 Å². The van der Waals surface area contributed by atoms with E-state index >= 15 is 0 Å². The average Bonchev–Trinajstić information content (AvgIpc) is 3.18. The van der Waals surface area contributed by atoms with Gasteiger partial charge >= 0.3 is 0 Å². The lowest BCUT2D eigenvalue weighted by Crippen LogP contribution is -2.48. The number of β-amino-alcohol motifs (C(OH)–C–C–N with tert-alkyl or cyclic N) is 1. The molecule has 6 heteroatoms. The molecule has 0 aliphatic carbocycles. The molecular formula is C23H30N2O4. The minimum Gasteiger partial charge on any atom is -0.491 e. The van der Waals surface area contributed by atoms with E-state index in [1.807, 2.05) is 26.0 Å². The Morgan fingerprint density at radius 1 is 0.966 bits per heavy atom. The zero-order valence-electron chi connectivity index (χ0n) is 17.3. The van der Waals surface area contributed by atoms with Crippen LogP contribution in [0.5, 0.6) is 17.2 Å². The summed E-state index contributed by atoms with van der Waals surface area (Å²) in [5, 5.41) is 10.4. The highest BCUT2D eigenvalue weighted by molar-refractivity contribution is 5.44. The van der Waals surface area contributed by atoms with E-state index in [1.165, 1.54) is 11.1 Å². The van der Waals surface area contributed by atoms with Crippen LogP contribution in [-0.4, -0.2) is 67.1 Å². The summed E-state index contributed by atoms with van der Waals surface area (Å²) < 4.78 is 16.7. The maximum atomic E-state index is 10.4. The van der Waals surface area contributed by atoms with Gasteiger partial charge in [-0.15, -0.1) is 0 Å². The van der Waals surface area contributed by atoms with Crippen molar-refractivity contribution in [2.75, 3.05) is 46.1 Å². The van der Waals surface area contributed by atoms with E-state index in [2.05, 4.69) is 34.1 Å². The van der Waals surface area contributed by atoms with E-state index in [9.17, 15) is 5.11 Å². The molecule has 0 saturated carbocycles. The number of nitrogens with zero attached hydrogens (tertiary/aromatic N) is 2. The number of piperazine rings is 1. The molecule has 1 fully saturated rings. The summed E-state index contributed by atoms with van der Waals surface area (Å²) in [6.07, 6.45) is -0.490. The summed E-state index contributed by atoms with van der Waals surface area (Å²) in [5.74, 6) is 2.53. The van der Waals surface area contributed by atoms with Gasteiger partial charge < -0.3 is 19.3 Å². The number of hydrogen-bond acceptors (Lipinski definition) is 6. The minimum atomic E-state index is -0.490. The number of ether oxygens (including phenoxy) is 3. The molecule has 0 unspecified atom stereocenters. The highest BCUT2D eigenvalue weighted by atomic mass is 16.7. The first-order valence-corrected chi connectivity index (χ1v) is 10.3. The van der Waals surface area contributed by atoms with Gasteiger partial charge in [-0.2, -0.15) is 0 Å². The van der Waals surface area contributed by atoms with Crippen LogP contribution in [0.3, 0.4) is 0 Å². The van der Waals surface area contributed by atoms with E-state index < -0.39 is 6.10 Å². The molecule has 1 N–H and O–H groups in total. The van der Waals surface area contributed by atoms with Crippen LogP contribution in [0.2, 0.25) is 0 Å². The molecule has 29 heavy (non-hydrogen) atoms. The molecule has 0 radical (unpaired) electrons. The fraction of sp³-hybridized carbons (Fsp3) is 0.478. The number of rotatable bonds is 7. The van der Waals surface area contributed by atoms with Gasteiger partial charge in [0, 0.05) is 39.3 Å². The van der Waals surface area contributed by atoms with Crippen LogP contribution >= 0.6 is 0 Å². The lowest BCUT2D eigenvalue weighted by molar-refractivity contribution is 0.0444. The SMILES string of the molecule is Cc1ccc(C)c(OC[C@@H](O)CN2CCN(Cc3ccc4c(c3)OCO4)CC2)c1. The van der Waals surface area contributed by atoms with Gasteiger partial charge in [0.1, 0.15) is 18.5 Å². The van der Waals surface area contributed by atoms with Crippen LogP contribution in [0.1, 0.15) is 16.7 Å². The van der Waals surface area contributed by atoms with Crippen LogP contribution in [0.4, 0.5) is 0 Å². The van der Waals surface area contributed by atoms with E-state index in [1.54, 1.807) is 0 Å². The van der Waals surface area contributed by atoms with Crippen LogP contribution in [0.25, 0.3) is 0 Å². The Bertz CT molecular complexity index is 834. The van der Waals surface area contributed by atoms with Gasteiger partial charge in [-0.25, -0.2) is 0 Å². The summed E-state index contributed by atoms with van der Waals surface area (Å²) >= 11 is 0. The first kappa shape index (κ1) is 20.0. The summed E-state index contributed by atoms with van der Waals surface area (Å²) in [4.78, 5) is 4.75. The summed E-state index contributed by atoms with van der Waals surface area (Å²) in [5.41, 5.74) is 3.50. The minimum absolute atomic E-state index is 0.312. The molecule has 2 aromatic rings. The van der Waals surface area contributed by atoms with E-state index in [0.717, 1.165) is 55.5 Å². The third-order valence-electron chi connectivity index (χ3n) is 5.55. The Hall–Kier alpha value is -2.28. The molecule has 0 amide bonds. The Kier molecular flexibility index (Phi) is 6.23. The van der Waals surface area contributed by atoms with Crippen molar-refractivity contribution in [3.8, 4) is 17.2 Å². The van der Waals surface area contributed by atoms with Gasteiger partial charge in [0.05, 0.1) is 0 Å². The summed E-state index contributed by atoms with van der Waals surface area (Å²) in [7, 11) is 0. The molecule has 2 aromatic carbocycles. The molecule has 2 aliphatic rings. The molecular weight excluding hydrogens is 368 g/mol. The third-order valence-corrected chi connectivity index (χ3v) is 5.55. The van der Waals surface area contributed by atoms with Crippen molar-refractivity contribution in [1.82, 2.24) is 9.80 Å². The monoisotopic (exact) mass is 398 g/mol.